The maximum Gasteiger partial charge on any atom is 0.186 e. The summed E-state index contributed by atoms with van der Waals surface area (Å²) >= 11 is 1.89. The van der Waals surface area contributed by atoms with Gasteiger partial charge in [-0.3, -0.25) is 0 Å². The SMILES string of the molecule is CCC(C)c1nc(N2CCCCC2C)sc1CNC. The van der Waals surface area contributed by atoms with Gasteiger partial charge in [-0.25, -0.2) is 4.98 Å². The summed E-state index contributed by atoms with van der Waals surface area (Å²) in [6.45, 7) is 8.99. The van der Waals surface area contributed by atoms with Gasteiger partial charge in [0.25, 0.3) is 0 Å². The van der Waals surface area contributed by atoms with Crippen LogP contribution in [-0.2, 0) is 6.54 Å². The van der Waals surface area contributed by atoms with Gasteiger partial charge in [0.1, 0.15) is 0 Å². The van der Waals surface area contributed by atoms with Crippen LogP contribution in [0.4, 0.5) is 5.13 Å². The minimum absolute atomic E-state index is 0.563. The summed E-state index contributed by atoms with van der Waals surface area (Å²) in [6, 6.07) is 0.645. The fourth-order valence-corrected chi connectivity index (χ4v) is 4.04. The summed E-state index contributed by atoms with van der Waals surface area (Å²) in [5, 5.41) is 4.53. The quantitative estimate of drug-likeness (QED) is 0.891. The highest BCUT2D eigenvalue weighted by Gasteiger charge is 2.24. The monoisotopic (exact) mass is 281 g/mol. The molecule has 19 heavy (non-hydrogen) atoms. The fourth-order valence-electron chi connectivity index (χ4n) is 2.72. The third-order valence-corrected chi connectivity index (χ3v) is 5.29. The molecule has 1 fully saturated rings. The molecule has 1 aliphatic heterocycles. The zero-order valence-electron chi connectivity index (χ0n) is 12.7. The Bertz CT molecular complexity index is 402. The van der Waals surface area contributed by atoms with Gasteiger partial charge < -0.3 is 10.2 Å². The highest BCUT2D eigenvalue weighted by atomic mass is 32.1. The molecule has 108 valence electrons. The molecule has 2 heterocycles. The number of anilines is 1. The average Bonchev–Trinajstić information content (AvgIpc) is 2.83. The van der Waals surface area contributed by atoms with Gasteiger partial charge in [-0.1, -0.05) is 13.8 Å². The molecule has 0 radical (unpaired) electrons. The topological polar surface area (TPSA) is 28.2 Å². The summed E-state index contributed by atoms with van der Waals surface area (Å²) in [7, 11) is 2.02. The smallest absolute Gasteiger partial charge is 0.186 e. The Hall–Kier alpha value is -0.610. The predicted molar refractivity (Wildman–Crippen MR) is 84.2 cm³/mol. The van der Waals surface area contributed by atoms with Crippen molar-refractivity contribution in [2.24, 2.45) is 0 Å². The highest BCUT2D eigenvalue weighted by Crippen LogP contribution is 2.34. The van der Waals surface area contributed by atoms with Crippen LogP contribution in [0.2, 0.25) is 0 Å². The van der Waals surface area contributed by atoms with Gasteiger partial charge in [0.15, 0.2) is 5.13 Å². The number of nitrogens with zero attached hydrogens (tertiary/aromatic N) is 2. The van der Waals surface area contributed by atoms with Crippen LogP contribution in [-0.4, -0.2) is 24.6 Å². The maximum atomic E-state index is 4.98. The molecular formula is C15H27N3S. The summed E-state index contributed by atoms with van der Waals surface area (Å²) in [5.74, 6) is 0.563. The van der Waals surface area contributed by atoms with Crippen LogP contribution in [0.1, 0.15) is 62.9 Å². The van der Waals surface area contributed by atoms with Crippen molar-refractivity contribution in [3.05, 3.63) is 10.6 Å². The predicted octanol–water partition coefficient (Wildman–Crippen LogP) is 3.75. The summed E-state index contributed by atoms with van der Waals surface area (Å²) in [6.07, 6.45) is 5.14. The van der Waals surface area contributed by atoms with E-state index in [0.29, 0.717) is 12.0 Å². The number of hydrogen-bond donors (Lipinski definition) is 1. The first-order chi connectivity index (χ1) is 9.17. The van der Waals surface area contributed by atoms with Crippen LogP contribution >= 0.6 is 11.3 Å². The van der Waals surface area contributed by atoms with E-state index < -0.39 is 0 Å². The van der Waals surface area contributed by atoms with Crippen molar-refractivity contribution in [2.75, 3.05) is 18.5 Å². The lowest BCUT2D eigenvalue weighted by atomic mass is 10.0. The van der Waals surface area contributed by atoms with Crippen molar-refractivity contribution >= 4 is 16.5 Å². The van der Waals surface area contributed by atoms with Crippen molar-refractivity contribution in [3.8, 4) is 0 Å². The third kappa shape index (κ3) is 3.29. The lowest BCUT2D eigenvalue weighted by Crippen LogP contribution is -2.37. The zero-order chi connectivity index (χ0) is 13.8. The molecular weight excluding hydrogens is 254 g/mol. The second kappa shape index (κ2) is 6.71. The molecule has 0 amide bonds. The largest absolute Gasteiger partial charge is 0.345 e. The number of nitrogens with one attached hydrogen (secondary N) is 1. The number of thiazole rings is 1. The van der Waals surface area contributed by atoms with Crippen molar-refractivity contribution < 1.29 is 0 Å². The average molecular weight is 281 g/mol. The van der Waals surface area contributed by atoms with Crippen LogP contribution in [0.15, 0.2) is 0 Å². The van der Waals surface area contributed by atoms with Gasteiger partial charge in [0.2, 0.25) is 0 Å². The number of piperidine rings is 1. The van der Waals surface area contributed by atoms with Crippen molar-refractivity contribution in [3.63, 3.8) is 0 Å². The Balaban J connectivity index is 2.25. The maximum absolute atomic E-state index is 4.98. The van der Waals surface area contributed by atoms with Crippen LogP contribution in [0, 0.1) is 0 Å². The Morgan fingerprint density at radius 3 is 2.89 bits per heavy atom. The fraction of sp³-hybridized carbons (Fsp3) is 0.800. The zero-order valence-corrected chi connectivity index (χ0v) is 13.5. The van der Waals surface area contributed by atoms with Crippen molar-refractivity contribution in [1.82, 2.24) is 10.3 Å². The molecule has 0 spiro atoms. The molecule has 1 N–H and O–H groups in total. The second-order valence-electron chi connectivity index (χ2n) is 5.68. The van der Waals surface area contributed by atoms with Crippen molar-refractivity contribution in [2.45, 2.75) is 65.0 Å². The molecule has 0 saturated carbocycles. The first kappa shape index (κ1) is 14.8. The van der Waals surface area contributed by atoms with E-state index in [-0.39, 0.29) is 0 Å². The van der Waals surface area contributed by atoms with E-state index in [9.17, 15) is 0 Å². The Morgan fingerprint density at radius 2 is 2.26 bits per heavy atom. The van der Waals surface area contributed by atoms with E-state index in [0.717, 1.165) is 13.0 Å². The van der Waals surface area contributed by atoms with E-state index in [1.165, 1.54) is 41.5 Å². The first-order valence-electron chi connectivity index (χ1n) is 7.58. The Morgan fingerprint density at radius 1 is 1.47 bits per heavy atom. The van der Waals surface area contributed by atoms with Gasteiger partial charge in [-0.05, 0) is 45.6 Å². The molecule has 4 heteroatoms. The molecule has 2 unspecified atom stereocenters. The van der Waals surface area contributed by atoms with E-state index in [4.69, 9.17) is 4.98 Å². The minimum atomic E-state index is 0.563. The van der Waals surface area contributed by atoms with Gasteiger partial charge in [0.05, 0.1) is 5.69 Å². The standard InChI is InChI=1S/C15H27N3S/c1-5-11(2)14-13(10-16-4)19-15(17-14)18-9-7-6-8-12(18)3/h11-12,16H,5-10H2,1-4H3. The van der Waals surface area contributed by atoms with Crippen LogP contribution < -0.4 is 10.2 Å². The third-order valence-electron chi connectivity index (χ3n) is 4.18. The number of aromatic nitrogens is 1. The van der Waals surface area contributed by atoms with Crippen LogP contribution in [0.5, 0.6) is 0 Å². The molecule has 1 aromatic heterocycles. The molecule has 2 atom stereocenters. The highest BCUT2D eigenvalue weighted by molar-refractivity contribution is 7.15. The molecule has 0 aliphatic carbocycles. The lowest BCUT2D eigenvalue weighted by Gasteiger charge is -2.33. The van der Waals surface area contributed by atoms with Crippen molar-refractivity contribution in [1.29, 1.82) is 0 Å². The lowest BCUT2D eigenvalue weighted by molar-refractivity contribution is 0.483. The summed E-state index contributed by atoms with van der Waals surface area (Å²) in [4.78, 5) is 8.91. The van der Waals surface area contributed by atoms with E-state index >= 15 is 0 Å². The summed E-state index contributed by atoms with van der Waals surface area (Å²) < 4.78 is 0. The number of hydrogen-bond acceptors (Lipinski definition) is 4. The Kier molecular flexibility index (Phi) is 5.22. The molecule has 0 aromatic carbocycles. The summed E-state index contributed by atoms with van der Waals surface area (Å²) in [5.41, 5.74) is 1.31. The minimum Gasteiger partial charge on any atom is -0.345 e. The van der Waals surface area contributed by atoms with Gasteiger partial charge >= 0.3 is 0 Å². The van der Waals surface area contributed by atoms with Gasteiger partial charge in [0, 0.05) is 24.0 Å². The molecule has 2 rings (SSSR count). The molecule has 1 saturated heterocycles. The van der Waals surface area contributed by atoms with E-state index in [1.807, 2.05) is 18.4 Å². The Labute approximate surface area is 121 Å². The normalized spacial score (nSPS) is 21.7. The molecule has 0 bridgehead atoms. The second-order valence-corrected chi connectivity index (χ2v) is 6.74. The van der Waals surface area contributed by atoms with Gasteiger partial charge in [-0.2, -0.15) is 0 Å². The van der Waals surface area contributed by atoms with Crippen LogP contribution in [0.3, 0.4) is 0 Å². The molecule has 1 aliphatic rings. The van der Waals surface area contributed by atoms with Crippen LogP contribution in [0.25, 0.3) is 0 Å². The number of rotatable bonds is 5. The van der Waals surface area contributed by atoms with Gasteiger partial charge in [-0.15, -0.1) is 11.3 Å². The first-order valence-corrected chi connectivity index (χ1v) is 8.39. The molecule has 3 nitrogen and oxygen atoms in total. The van der Waals surface area contributed by atoms with E-state index in [2.05, 4.69) is 31.0 Å². The van der Waals surface area contributed by atoms with E-state index in [1.54, 1.807) is 0 Å². The molecule has 1 aromatic rings.